The SMILES string of the molecule is CCCCCCCC/C=C\CCCCCCCC(=O)OCCCCCCCCCCCCCCCCCCCC(=O)NC(CO)C(O)/C=C/CCCCCCCCCCCCCCCCCCC. The molecular weight excluding hydrogens is 839 g/mol. The van der Waals surface area contributed by atoms with E-state index in [1.54, 1.807) is 6.08 Å². The molecule has 2 atom stereocenters. The fraction of sp³-hybridized carbons (Fsp3) is 0.903. The molecule has 0 radical (unpaired) electrons. The molecule has 6 heteroatoms. The third kappa shape index (κ3) is 53.7. The van der Waals surface area contributed by atoms with Crippen molar-refractivity contribution in [2.45, 2.75) is 347 Å². The quantitative estimate of drug-likeness (QED) is 0.0321. The van der Waals surface area contributed by atoms with E-state index in [1.807, 2.05) is 6.08 Å². The Labute approximate surface area is 424 Å². The molecule has 0 aliphatic carbocycles. The van der Waals surface area contributed by atoms with Crippen molar-refractivity contribution in [3.05, 3.63) is 24.3 Å². The number of unbranched alkanes of at least 4 members (excludes halogenated alkanes) is 44. The van der Waals surface area contributed by atoms with E-state index in [9.17, 15) is 19.8 Å². The number of amides is 1. The number of hydrogen-bond acceptors (Lipinski definition) is 5. The van der Waals surface area contributed by atoms with Crippen molar-refractivity contribution in [2.75, 3.05) is 13.2 Å². The Hall–Kier alpha value is -1.66. The summed E-state index contributed by atoms with van der Waals surface area (Å²) in [6, 6.07) is -0.632. The number of ether oxygens (including phenoxy) is 1. The zero-order valence-corrected chi connectivity index (χ0v) is 45.9. The molecule has 0 spiro atoms. The van der Waals surface area contributed by atoms with E-state index in [0.29, 0.717) is 19.4 Å². The van der Waals surface area contributed by atoms with Gasteiger partial charge in [-0.2, -0.15) is 0 Å². The third-order valence-corrected chi connectivity index (χ3v) is 14.2. The standard InChI is InChI=1S/C62H119NO5/c1-3-5-7-9-11-13-15-17-19-20-21-23-27-30-34-38-42-46-50-54-60(65)59(58-64)63-61(66)55-51-47-43-39-35-31-28-24-22-25-29-33-37-41-45-49-53-57-68-62(67)56-52-48-44-40-36-32-26-18-16-14-12-10-8-6-4-2/h18,26,50,54,59-60,64-65H,3-17,19-25,27-49,51-53,55-58H2,1-2H3,(H,63,66)/b26-18-,54-50+. The molecule has 68 heavy (non-hydrogen) atoms. The summed E-state index contributed by atoms with van der Waals surface area (Å²) in [7, 11) is 0. The molecule has 3 N–H and O–H groups in total. The van der Waals surface area contributed by atoms with Crippen molar-refractivity contribution < 1.29 is 24.5 Å². The van der Waals surface area contributed by atoms with E-state index < -0.39 is 12.1 Å². The highest BCUT2D eigenvalue weighted by Gasteiger charge is 2.18. The van der Waals surface area contributed by atoms with Gasteiger partial charge in [-0.25, -0.2) is 0 Å². The smallest absolute Gasteiger partial charge is 0.305 e. The topological polar surface area (TPSA) is 95.9 Å². The van der Waals surface area contributed by atoms with Crippen LogP contribution in [0.4, 0.5) is 0 Å². The Morgan fingerprint density at radius 3 is 1.04 bits per heavy atom. The summed E-state index contributed by atoms with van der Waals surface area (Å²) in [5.74, 6) is -0.0738. The molecule has 0 aromatic heterocycles. The Morgan fingerprint density at radius 1 is 0.397 bits per heavy atom. The molecule has 0 fully saturated rings. The lowest BCUT2D eigenvalue weighted by Gasteiger charge is -2.20. The van der Waals surface area contributed by atoms with Crippen LogP contribution in [0.1, 0.15) is 335 Å². The Kier molecular flexibility index (Phi) is 56.5. The predicted octanol–water partition coefficient (Wildman–Crippen LogP) is 19.0. The molecule has 0 heterocycles. The van der Waals surface area contributed by atoms with Crippen LogP contribution in [0.5, 0.6) is 0 Å². The second kappa shape index (κ2) is 57.9. The summed E-state index contributed by atoms with van der Waals surface area (Å²) in [6.07, 6.45) is 70.6. The molecule has 0 bridgehead atoms. The van der Waals surface area contributed by atoms with E-state index in [4.69, 9.17) is 4.74 Å². The average molecular weight is 959 g/mol. The second-order valence-electron chi connectivity index (χ2n) is 21.0. The number of nitrogens with one attached hydrogen (secondary N) is 1. The van der Waals surface area contributed by atoms with Crippen LogP contribution in [0.25, 0.3) is 0 Å². The maximum Gasteiger partial charge on any atom is 0.305 e. The van der Waals surface area contributed by atoms with Gasteiger partial charge in [0.15, 0.2) is 0 Å². The fourth-order valence-electron chi connectivity index (χ4n) is 9.51. The first-order valence-corrected chi connectivity index (χ1v) is 30.6. The van der Waals surface area contributed by atoms with Crippen LogP contribution < -0.4 is 5.32 Å². The van der Waals surface area contributed by atoms with Crippen LogP contribution in [0.3, 0.4) is 0 Å². The van der Waals surface area contributed by atoms with Crippen molar-refractivity contribution >= 4 is 11.9 Å². The number of carbonyl (C=O) groups excluding carboxylic acids is 2. The Balaban J connectivity index is 3.45. The predicted molar refractivity (Wildman–Crippen MR) is 296 cm³/mol. The molecule has 0 saturated carbocycles. The summed E-state index contributed by atoms with van der Waals surface area (Å²) in [4.78, 5) is 24.5. The molecular formula is C62H119NO5. The lowest BCUT2D eigenvalue weighted by molar-refractivity contribution is -0.143. The lowest BCUT2D eigenvalue weighted by Crippen LogP contribution is -2.45. The van der Waals surface area contributed by atoms with Crippen LogP contribution in [0.2, 0.25) is 0 Å². The number of hydrogen-bond donors (Lipinski definition) is 3. The summed E-state index contributed by atoms with van der Waals surface area (Å²) in [5, 5.41) is 23.2. The van der Waals surface area contributed by atoms with Gasteiger partial charge in [0.25, 0.3) is 0 Å². The molecule has 6 nitrogen and oxygen atoms in total. The van der Waals surface area contributed by atoms with Crippen LogP contribution in [-0.2, 0) is 14.3 Å². The third-order valence-electron chi connectivity index (χ3n) is 14.2. The summed E-state index contributed by atoms with van der Waals surface area (Å²) in [6.45, 7) is 4.91. The van der Waals surface area contributed by atoms with Crippen molar-refractivity contribution in [1.82, 2.24) is 5.32 Å². The highest BCUT2D eigenvalue weighted by Crippen LogP contribution is 2.17. The van der Waals surface area contributed by atoms with Crippen molar-refractivity contribution in [3.63, 3.8) is 0 Å². The first-order valence-electron chi connectivity index (χ1n) is 30.6. The molecule has 0 aliphatic rings. The van der Waals surface area contributed by atoms with Gasteiger partial charge in [-0.05, 0) is 57.8 Å². The van der Waals surface area contributed by atoms with Gasteiger partial charge in [-0.1, -0.05) is 289 Å². The van der Waals surface area contributed by atoms with Crippen molar-refractivity contribution in [2.24, 2.45) is 0 Å². The monoisotopic (exact) mass is 958 g/mol. The normalized spacial score (nSPS) is 12.7. The molecule has 402 valence electrons. The summed E-state index contributed by atoms with van der Waals surface area (Å²) < 4.78 is 5.48. The number of allylic oxidation sites excluding steroid dienone is 3. The molecule has 0 saturated heterocycles. The van der Waals surface area contributed by atoms with Crippen LogP contribution in [-0.4, -0.2) is 47.4 Å². The number of carbonyl (C=O) groups is 2. The van der Waals surface area contributed by atoms with E-state index in [1.165, 1.54) is 263 Å². The van der Waals surface area contributed by atoms with Gasteiger partial charge in [0.1, 0.15) is 0 Å². The summed E-state index contributed by atoms with van der Waals surface area (Å²) >= 11 is 0. The Morgan fingerprint density at radius 2 is 0.691 bits per heavy atom. The fourth-order valence-corrected chi connectivity index (χ4v) is 9.51. The van der Waals surface area contributed by atoms with Crippen LogP contribution in [0.15, 0.2) is 24.3 Å². The molecule has 1 amide bonds. The van der Waals surface area contributed by atoms with Crippen molar-refractivity contribution in [3.8, 4) is 0 Å². The van der Waals surface area contributed by atoms with Gasteiger partial charge < -0.3 is 20.3 Å². The largest absolute Gasteiger partial charge is 0.466 e. The minimum absolute atomic E-state index is 0.00297. The zero-order valence-electron chi connectivity index (χ0n) is 45.9. The number of aliphatic hydroxyl groups excluding tert-OH is 2. The van der Waals surface area contributed by atoms with Gasteiger partial charge in [0.2, 0.25) is 5.91 Å². The second-order valence-corrected chi connectivity index (χ2v) is 21.0. The van der Waals surface area contributed by atoms with Gasteiger partial charge >= 0.3 is 5.97 Å². The molecule has 2 unspecified atom stereocenters. The first-order chi connectivity index (χ1) is 33.5. The highest BCUT2D eigenvalue weighted by atomic mass is 16.5. The maximum atomic E-state index is 12.5. The maximum absolute atomic E-state index is 12.5. The van der Waals surface area contributed by atoms with Gasteiger partial charge in [-0.15, -0.1) is 0 Å². The van der Waals surface area contributed by atoms with Crippen LogP contribution >= 0.6 is 0 Å². The average Bonchev–Trinajstić information content (AvgIpc) is 3.34. The number of aliphatic hydroxyl groups is 2. The Bertz CT molecular complexity index is 1060. The van der Waals surface area contributed by atoms with E-state index in [-0.39, 0.29) is 18.5 Å². The van der Waals surface area contributed by atoms with Crippen molar-refractivity contribution in [1.29, 1.82) is 0 Å². The number of esters is 1. The minimum Gasteiger partial charge on any atom is -0.466 e. The molecule has 0 aromatic rings. The van der Waals surface area contributed by atoms with Gasteiger partial charge in [0, 0.05) is 12.8 Å². The number of rotatable bonds is 57. The van der Waals surface area contributed by atoms with Gasteiger partial charge in [0.05, 0.1) is 25.4 Å². The lowest BCUT2D eigenvalue weighted by atomic mass is 10.0. The van der Waals surface area contributed by atoms with Gasteiger partial charge in [-0.3, -0.25) is 9.59 Å². The summed E-state index contributed by atoms with van der Waals surface area (Å²) in [5.41, 5.74) is 0. The zero-order chi connectivity index (χ0) is 49.3. The van der Waals surface area contributed by atoms with E-state index in [2.05, 4.69) is 31.3 Å². The first kappa shape index (κ1) is 66.3. The van der Waals surface area contributed by atoms with E-state index >= 15 is 0 Å². The minimum atomic E-state index is -0.849. The molecule has 0 aliphatic heterocycles. The van der Waals surface area contributed by atoms with E-state index in [0.717, 1.165) is 44.9 Å². The van der Waals surface area contributed by atoms with Crippen LogP contribution in [0, 0.1) is 0 Å². The molecule has 0 rings (SSSR count). The molecule has 0 aromatic carbocycles. The highest BCUT2D eigenvalue weighted by molar-refractivity contribution is 5.76.